The second-order valence-electron chi connectivity index (χ2n) is 4.98. The molecule has 20 heavy (non-hydrogen) atoms. The smallest absolute Gasteiger partial charge is 0.130 e. The molecular formula is C15H15N3OS. The van der Waals surface area contributed by atoms with E-state index < -0.39 is 0 Å². The first-order valence-corrected chi connectivity index (χ1v) is 7.32. The Labute approximate surface area is 122 Å². The van der Waals surface area contributed by atoms with Crippen molar-refractivity contribution in [3.63, 3.8) is 0 Å². The molecule has 0 N–H and O–H groups in total. The molecule has 1 aliphatic heterocycles. The summed E-state index contributed by atoms with van der Waals surface area (Å²) < 4.78 is 10.3. The second-order valence-corrected chi connectivity index (χ2v) is 5.73. The van der Waals surface area contributed by atoms with Gasteiger partial charge >= 0.3 is 0 Å². The first-order valence-electron chi connectivity index (χ1n) is 6.55. The summed E-state index contributed by atoms with van der Waals surface area (Å²) in [5.41, 5.74) is 2.63. The Morgan fingerprint density at radius 3 is 3.05 bits per heavy atom. The first kappa shape index (κ1) is 12.9. The molecule has 0 saturated carbocycles. The van der Waals surface area contributed by atoms with Gasteiger partial charge in [-0.2, -0.15) is 9.64 Å². The molecule has 1 unspecified atom stereocenters. The lowest BCUT2D eigenvalue weighted by molar-refractivity contribution is 0.233. The molecular weight excluding hydrogens is 270 g/mol. The van der Waals surface area contributed by atoms with E-state index in [1.165, 1.54) is 11.5 Å². The third kappa shape index (κ3) is 2.23. The van der Waals surface area contributed by atoms with E-state index >= 15 is 0 Å². The number of ether oxygens (including phenoxy) is 1. The van der Waals surface area contributed by atoms with Gasteiger partial charge in [-0.05, 0) is 31.4 Å². The molecule has 0 spiro atoms. The summed E-state index contributed by atoms with van der Waals surface area (Å²) in [5.74, 6) is 0.933. The number of anilines is 1. The quantitative estimate of drug-likeness (QED) is 0.808. The lowest BCUT2D eigenvalue weighted by Gasteiger charge is -2.22. The van der Waals surface area contributed by atoms with Crippen molar-refractivity contribution in [2.75, 3.05) is 11.4 Å². The van der Waals surface area contributed by atoms with Gasteiger partial charge in [0.1, 0.15) is 28.5 Å². The molecule has 2 heterocycles. The number of aryl methyl sites for hydroxylation is 1. The van der Waals surface area contributed by atoms with Crippen LogP contribution in [0.3, 0.4) is 0 Å². The molecule has 0 saturated heterocycles. The van der Waals surface area contributed by atoms with E-state index in [1.807, 2.05) is 25.1 Å². The van der Waals surface area contributed by atoms with Gasteiger partial charge < -0.3 is 9.64 Å². The molecule has 1 aromatic heterocycles. The number of aromatic nitrogens is 1. The molecule has 5 heteroatoms. The van der Waals surface area contributed by atoms with E-state index in [-0.39, 0.29) is 6.10 Å². The van der Waals surface area contributed by atoms with Gasteiger partial charge in [0.25, 0.3) is 0 Å². The van der Waals surface area contributed by atoms with Gasteiger partial charge in [-0.3, -0.25) is 0 Å². The Bertz CT molecular complexity index is 674. The van der Waals surface area contributed by atoms with E-state index in [1.54, 1.807) is 0 Å². The topological polar surface area (TPSA) is 49.2 Å². The number of nitrogens with zero attached hydrogens (tertiary/aromatic N) is 3. The largest absolute Gasteiger partial charge is 0.489 e. The summed E-state index contributed by atoms with van der Waals surface area (Å²) in [6.45, 7) is 5.43. The molecule has 2 aromatic rings. The van der Waals surface area contributed by atoms with Crippen molar-refractivity contribution in [2.45, 2.75) is 26.5 Å². The summed E-state index contributed by atoms with van der Waals surface area (Å²) in [6, 6.07) is 10.3. The van der Waals surface area contributed by atoms with Crippen LogP contribution >= 0.6 is 11.5 Å². The fourth-order valence-corrected chi connectivity index (χ4v) is 3.29. The van der Waals surface area contributed by atoms with E-state index in [0.29, 0.717) is 5.56 Å². The Morgan fingerprint density at radius 1 is 1.45 bits per heavy atom. The van der Waals surface area contributed by atoms with Gasteiger partial charge in [0, 0.05) is 12.1 Å². The SMILES string of the molecule is Cc1nsc(N2Cc3ccccc3OC(C)C2)c1C#N. The van der Waals surface area contributed by atoms with Crippen molar-refractivity contribution < 1.29 is 4.74 Å². The van der Waals surface area contributed by atoms with Gasteiger partial charge in [0.05, 0.1) is 12.2 Å². The molecule has 0 bridgehead atoms. The van der Waals surface area contributed by atoms with Crippen LogP contribution in [0.4, 0.5) is 5.00 Å². The van der Waals surface area contributed by atoms with Crippen molar-refractivity contribution in [1.82, 2.24) is 4.37 Å². The Kier molecular flexibility index (Phi) is 3.33. The first-order chi connectivity index (χ1) is 9.69. The van der Waals surface area contributed by atoms with Gasteiger partial charge in [0.15, 0.2) is 0 Å². The molecule has 0 radical (unpaired) electrons. The highest BCUT2D eigenvalue weighted by atomic mass is 32.1. The Hall–Kier alpha value is -2.06. The zero-order valence-corrected chi connectivity index (χ0v) is 12.3. The third-order valence-electron chi connectivity index (χ3n) is 3.38. The number of fused-ring (bicyclic) bond motifs is 1. The maximum atomic E-state index is 9.31. The van der Waals surface area contributed by atoms with Gasteiger partial charge in [-0.15, -0.1) is 0 Å². The summed E-state index contributed by atoms with van der Waals surface area (Å²) >= 11 is 1.39. The lowest BCUT2D eigenvalue weighted by atomic mass is 10.2. The maximum Gasteiger partial charge on any atom is 0.130 e. The lowest BCUT2D eigenvalue weighted by Crippen LogP contribution is -2.30. The van der Waals surface area contributed by atoms with Crippen LogP contribution in [0.1, 0.15) is 23.7 Å². The van der Waals surface area contributed by atoms with E-state index in [9.17, 15) is 5.26 Å². The van der Waals surface area contributed by atoms with Gasteiger partial charge in [-0.1, -0.05) is 18.2 Å². The molecule has 1 aliphatic rings. The minimum Gasteiger partial charge on any atom is -0.489 e. The van der Waals surface area contributed by atoms with Crippen LogP contribution in [-0.2, 0) is 6.54 Å². The van der Waals surface area contributed by atoms with Crippen LogP contribution in [0.25, 0.3) is 0 Å². The maximum absolute atomic E-state index is 9.31. The monoisotopic (exact) mass is 285 g/mol. The van der Waals surface area contributed by atoms with Crippen molar-refractivity contribution in [2.24, 2.45) is 0 Å². The number of nitriles is 1. The van der Waals surface area contributed by atoms with Crippen LogP contribution in [0.2, 0.25) is 0 Å². The third-order valence-corrected chi connectivity index (χ3v) is 4.38. The molecule has 4 nitrogen and oxygen atoms in total. The average Bonchev–Trinajstić information content (AvgIpc) is 2.71. The normalized spacial score (nSPS) is 17.9. The summed E-state index contributed by atoms with van der Waals surface area (Å²) in [7, 11) is 0. The highest BCUT2D eigenvalue weighted by Crippen LogP contribution is 2.33. The van der Waals surface area contributed by atoms with Crippen LogP contribution in [0, 0.1) is 18.3 Å². The fourth-order valence-electron chi connectivity index (χ4n) is 2.44. The zero-order valence-electron chi connectivity index (χ0n) is 11.5. The Morgan fingerprint density at radius 2 is 2.25 bits per heavy atom. The predicted octanol–water partition coefficient (Wildman–Crippen LogP) is 3.11. The highest BCUT2D eigenvalue weighted by Gasteiger charge is 2.24. The Balaban J connectivity index is 2.01. The summed E-state index contributed by atoms with van der Waals surface area (Å²) in [4.78, 5) is 2.19. The highest BCUT2D eigenvalue weighted by molar-refractivity contribution is 7.10. The van der Waals surface area contributed by atoms with Crippen LogP contribution in [-0.4, -0.2) is 17.0 Å². The van der Waals surface area contributed by atoms with Crippen LogP contribution in [0.5, 0.6) is 5.75 Å². The van der Waals surface area contributed by atoms with E-state index in [0.717, 1.165) is 35.1 Å². The number of para-hydroxylation sites is 1. The number of rotatable bonds is 1. The minimum absolute atomic E-state index is 0.0765. The molecule has 102 valence electrons. The number of hydrogen-bond donors (Lipinski definition) is 0. The van der Waals surface area contributed by atoms with Crippen molar-refractivity contribution in [3.8, 4) is 11.8 Å². The number of hydrogen-bond acceptors (Lipinski definition) is 5. The fraction of sp³-hybridized carbons (Fsp3) is 0.333. The molecule has 1 atom stereocenters. The van der Waals surface area contributed by atoms with Crippen LogP contribution < -0.4 is 9.64 Å². The van der Waals surface area contributed by atoms with Crippen LogP contribution in [0.15, 0.2) is 24.3 Å². The van der Waals surface area contributed by atoms with Crippen molar-refractivity contribution in [3.05, 3.63) is 41.1 Å². The van der Waals surface area contributed by atoms with Gasteiger partial charge in [0.2, 0.25) is 0 Å². The molecule has 0 amide bonds. The van der Waals surface area contributed by atoms with Gasteiger partial charge in [-0.25, -0.2) is 0 Å². The molecule has 3 rings (SSSR count). The standard InChI is InChI=1S/C15H15N3OS/c1-10-8-18(15-13(7-16)11(2)17-20-15)9-12-5-3-4-6-14(12)19-10/h3-6,10H,8-9H2,1-2H3. The molecule has 0 aliphatic carbocycles. The average molecular weight is 285 g/mol. The predicted molar refractivity (Wildman–Crippen MR) is 79.1 cm³/mol. The number of benzene rings is 1. The summed E-state index contributed by atoms with van der Waals surface area (Å²) in [5, 5.41) is 10.3. The van der Waals surface area contributed by atoms with Crippen molar-refractivity contribution >= 4 is 16.5 Å². The molecule has 1 aromatic carbocycles. The van der Waals surface area contributed by atoms with E-state index in [2.05, 4.69) is 28.3 Å². The van der Waals surface area contributed by atoms with E-state index in [4.69, 9.17) is 4.74 Å². The second kappa shape index (κ2) is 5.14. The van der Waals surface area contributed by atoms with Crippen molar-refractivity contribution in [1.29, 1.82) is 5.26 Å². The minimum atomic E-state index is 0.0765. The zero-order chi connectivity index (χ0) is 14.1. The molecule has 0 fully saturated rings. The summed E-state index contributed by atoms with van der Waals surface area (Å²) in [6.07, 6.45) is 0.0765.